The van der Waals surface area contributed by atoms with Gasteiger partial charge >= 0.3 is 5.97 Å². The van der Waals surface area contributed by atoms with Crippen LogP contribution < -0.4 is 15.4 Å². The SMILES string of the molecule is COC(=O)CNc1ccc2c(c1)NC(=O)C(C)O2. The zero-order valence-electron chi connectivity index (χ0n) is 10.1. The van der Waals surface area contributed by atoms with Crippen LogP contribution in [0.5, 0.6) is 5.75 Å². The molecule has 96 valence electrons. The third-order valence-corrected chi connectivity index (χ3v) is 2.57. The number of benzene rings is 1. The number of ether oxygens (including phenoxy) is 2. The molecule has 0 saturated heterocycles. The van der Waals surface area contributed by atoms with Gasteiger partial charge in [0.15, 0.2) is 6.10 Å². The van der Waals surface area contributed by atoms with E-state index in [1.54, 1.807) is 25.1 Å². The van der Waals surface area contributed by atoms with Crippen LogP contribution >= 0.6 is 0 Å². The molecule has 0 fully saturated rings. The van der Waals surface area contributed by atoms with Gasteiger partial charge in [0, 0.05) is 5.69 Å². The second-order valence-electron chi connectivity index (χ2n) is 3.89. The van der Waals surface area contributed by atoms with E-state index in [2.05, 4.69) is 15.4 Å². The van der Waals surface area contributed by atoms with Crippen LogP contribution in [0.4, 0.5) is 11.4 Å². The molecule has 2 N–H and O–H groups in total. The van der Waals surface area contributed by atoms with Crippen molar-refractivity contribution in [3.05, 3.63) is 18.2 Å². The molecule has 0 spiro atoms. The normalized spacial score (nSPS) is 17.2. The van der Waals surface area contributed by atoms with E-state index < -0.39 is 6.10 Å². The van der Waals surface area contributed by atoms with Crippen molar-refractivity contribution in [3.63, 3.8) is 0 Å². The van der Waals surface area contributed by atoms with E-state index in [9.17, 15) is 9.59 Å². The number of nitrogens with one attached hydrogen (secondary N) is 2. The monoisotopic (exact) mass is 250 g/mol. The number of carbonyl (C=O) groups is 2. The van der Waals surface area contributed by atoms with Crippen LogP contribution in [-0.2, 0) is 14.3 Å². The van der Waals surface area contributed by atoms with E-state index in [1.165, 1.54) is 7.11 Å². The summed E-state index contributed by atoms with van der Waals surface area (Å²) in [6.45, 7) is 1.75. The molecule has 1 amide bonds. The lowest BCUT2D eigenvalue weighted by atomic mass is 10.2. The van der Waals surface area contributed by atoms with E-state index in [1.807, 2.05) is 0 Å². The van der Waals surface area contributed by atoms with Crippen molar-refractivity contribution < 1.29 is 19.1 Å². The molecule has 0 radical (unpaired) electrons. The van der Waals surface area contributed by atoms with E-state index in [-0.39, 0.29) is 18.4 Å². The maximum Gasteiger partial charge on any atom is 0.325 e. The molecule has 1 aliphatic rings. The summed E-state index contributed by atoms with van der Waals surface area (Å²) in [5.41, 5.74) is 1.30. The Kier molecular flexibility index (Phi) is 3.36. The van der Waals surface area contributed by atoms with Crippen molar-refractivity contribution in [2.45, 2.75) is 13.0 Å². The van der Waals surface area contributed by atoms with Gasteiger partial charge < -0.3 is 20.1 Å². The van der Waals surface area contributed by atoms with E-state index >= 15 is 0 Å². The average Bonchev–Trinajstić information content (AvgIpc) is 2.37. The summed E-state index contributed by atoms with van der Waals surface area (Å²) in [4.78, 5) is 22.4. The molecule has 0 saturated carbocycles. The predicted molar refractivity (Wildman–Crippen MR) is 65.7 cm³/mol. The zero-order valence-corrected chi connectivity index (χ0v) is 10.1. The second-order valence-corrected chi connectivity index (χ2v) is 3.89. The lowest BCUT2D eigenvalue weighted by Gasteiger charge is -2.23. The van der Waals surface area contributed by atoms with Gasteiger partial charge in [0.1, 0.15) is 12.3 Å². The Bertz CT molecular complexity index is 487. The third-order valence-electron chi connectivity index (χ3n) is 2.57. The number of methoxy groups -OCH3 is 1. The first kappa shape index (κ1) is 12.2. The highest BCUT2D eigenvalue weighted by molar-refractivity contribution is 5.98. The minimum absolute atomic E-state index is 0.0699. The summed E-state index contributed by atoms with van der Waals surface area (Å²) < 4.78 is 9.93. The fourth-order valence-corrected chi connectivity index (χ4v) is 1.57. The van der Waals surface area contributed by atoms with Crippen LogP contribution in [0.15, 0.2) is 18.2 Å². The van der Waals surface area contributed by atoms with Gasteiger partial charge in [-0.1, -0.05) is 0 Å². The van der Waals surface area contributed by atoms with Crippen molar-refractivity contribution >= 4 is 23.3 Å². The number of amides is 1. The van der Waals surface area contributed by atoms with Gasteiger partial charge in [-0.05, 0) is 25.1 Å². The first-order valence-electron chi connectivity index (χ1n) is 5.52. The highest BCUT2D eigenvalue weighted by atomic mass is 16.5. The summed E-state index contributed by atoms with van der Waals surface area (Å²) in [7, 11) is 1.33. The number of hydrogen-bond acceptors (Lipinski definition) is 5. The van der Waals surface area contributed by atoms with Crippen LogP contribution in [0.3, 0.4) is 0 Å². The number of esters is 1. The van der Waals surface area contributed by atoms with Crippen molar-refractivity contribution in [2.24, 2.45) is 0 Å². The van der Waals surface area contributed by atoms with E-state index in [0.717, 1.165) is 0 Å². The molecule has 2 rings (SSSR count). The van der Waals surface area contributed by atoms with Crippen molar-refractivity contribution in [3.8, 4) is 5.75 Å². The number of hydrogen-bond donors (Lipinski definition) is 2. The summed E-state index contributed by atoms with van der Waals surface area (Å²) in [6, 6.07) is 5.22. The molecule has 18 heavy (non-hydrogen) atoms. The fraction of sp³-hybridized carbons (Fsp3) is 0.333. The van der Waals surface area contributed by atoms with Gasteiger partial charge in [-0.2, -0.15) is 0 Å². The number of fused-ring (bicyclic) bond motifs is 1. The summed E-state index contributed by atoms with van der Waals surface area (Å²) in [5, 5.41) is 5.62. The highest BCUT2D eigenvalue weighted by Crippen LogP contribution is 2.31. The number of carbonyl (C=O) groups excluding carboxylic acids is 2. The second kappa shape index (κ2) is 4.95. The molecule has 1 heterocycles. The van der Waals surface area contributed by atoms with Crippen molar-refractivity contribution in [1.29, 1.82) is 0 Å². The van der Waals surface area contributed by atoms with E-state index in [4.69, 9.17) is 4.74 Å². The molecule has 6 heteroatoms. The van der Waals surface area contributed by atoms with Gasteiger partial charge in [-0.15, -0.1) is 0 Å². The average molecular weight is 250 g/mol. The van der Waals surface area contributed by atoms with Gasteiger partial charge in [-0.25, -0.2) is 0 Å². The number of rotatable bonds is 3. The van der Waals surface area contributed by atoms with Crippen LogP contribution in [0.2, 0.25) is 0 Å². The van der Waals surface area contributed by atoms with Gasteiger partial charge in [0.25, 0.3) is 5.91 Å². The summed E-state index contributed by atoms with van der Waals surface area (Å²) in [6.07, 6.45) is -0.494. The summed E-state index contributed by atoms with van der Waals surface area (Å²) in [5.74, 6) is 0.0694. The molecule has 1 aliphatic heterocycles. The molecule has 1 unspecified atom stereocenters. The molecule has 0 bridgehead atoms. The maximum atomic E-state index is 11.4. The lowest BCUT2D eigenvalue weighted by molar-refractivity contribution is -0.138. The Morgan fingerprint density at radius 1 is 1.56 bits per heavy atom. The Hall–Kier alpha value is -2.24. The van der Waals surface area contributed by atoms with Crippen LogP contribution in [0, 0.1) is 0 Å². The molecular weight excluding hydrogens is 236 g/mol. The Morgan fingerprint density at radius 3 is 3.06 bits per heavy atom. The first-order chi connectivity index (χ1) is 8.60. The van der Waals surface area contributed by atoms with Gasteiger partial charge in [-0.3, -0.25) is 9.59 Å². The van der Waals surface area contributed by atoms with Crippen molar-refractivity contribution in [1.82, 2.24) is 0 Å². The van der Waals surface area contributed by atoms with Crippen LogP contribution in [0.1, 0.15) is 6.92 Å². The molecule has 1 aromatic rings. The molecule has 1 atom stereocenters. The Morgan fingerprint density at radius 2 is 2.33 bits per heavy atom. The van der Waals surface area contributed by atoms with Crippen LogP contribution in [0.25, 0.3) is 0 Å². The smallest absolute Gasteiger partial charge is 0.325 e. The standard InChI is InChI=1S/C12H14N2O4/c1-7-12(16)14-9-5-8(3-4-10(9)18-7)13-6-11(15)17-2/h3-5,7,13H,6H2,1-2H3,(H,14,16). The molecular formula is C12H14N2O4. The minimum Gasteiger partial charge on any atom is -0.479 e. The zero-order chi connectivity index (χ0) is 13.1. The van der Waals surface area contributed by atoms with Crippen LogP contribution in [-0.4, -0.2) is 31.6 Å². The third kappa shape index (κ3) is 2.53. The van der Waals surface area contributed by atoms with Gasteiger partial charge in [0.2, 0.25) is 0 Å². The predicted octanol–water partition coefficient (Wildman–Crippen LogP) is 0.991. The topological polar surface area (TPSA) is 76.7 Å². The van der Waals surface area contributed by atoms with E-state index in [0.29, 0.717) is 17.1 Å². The fourth-order valence-electron chi connectivity index (χ4n) is 1.57. The maximum absolute atomic E-state index is 11.4. The first-order valence-corrected chi connectivity index (χ1v) is 5.52. The molecule has 0 aromatic heterocycles. The quantitative estimate of drug-likeness (QED) is 0.782. The minimum atomic E-state index is -0.494. The van der Waals surface area contributed by atoms with Gasteiger partial charge in [0.05, 0.1) is 12.8 Å². The lowest BCUT2D eigenvalue weighted by Crippen LogP contribution is -2.34. The molecule has 0 aliphatic carbocycles. The highest BCUT2D eigenvalue weighted by Gasteiger charge is 2.23. The van der Waals surface area contributed by atoms with Crippen molar-refractivity contribution in [2.75, 3.05) is 24.3 Å². The Balaban J connectivity index is 2.10. The Labute approximate surface area is 104 Å². The largest absolute Gasteiger partial charge is 0.479 e. The molecule has 1 aromatic carbocycles. The number of anilines is 2. The molecule has 6 nitrogen and oxygen atoms in total. The summed E-state index contributed by atoms with van der Waals surface area (Å²) >= 11 is 0.